The average Bonchev–Trinajstić information content (AvgIpc) is 2.47. The van der Waals surface area contributed by atoms with Crippen LogP contribution in [0, 0.1) is 0 Å². The van der Waals surface area contributed by atoms with E-state index in [1.54, 1.807) is 48.0 Å². The number of nitrogen functional groups attached to an aromatic ring is 1. The summed E-state index contributed by atoms with van der Waals surface area (Å²) in [5.41, 5.74) is 8.05. The van der Waals surface area contributed by atoms with Crippen LogP contribution in [-0.4, -0.2) is 24.1 Å². The number of carbonyl (C=O) groups is 1. The van der Waals surface area contributed by atoms with Gasteiger partial charge in [-0.25, -0.2) is 0 Å². The Kier molecular flexibility index (Phi) is 4.69. The molecule has 2 aromatic carbocycles. The van der Waals surface area contributed by atoms with Crippen LogP contribution in [0.5, 0.6) is 0 Å². The minimum absolute atomic E-state index is 0.0220. The molecule has 0 heterocycles. The number of nitrogens with two attached hydrogens (primary N) is 1. The molecule has 0 saturated heterocycles. The summed E-state index contributed by atoms with van der Waals surface area (Å²) in [7, 11) is 1.80. The molecule has 3 nitrogen and oxygen atoms in total. The average molecular weight is 286 g/mol. The van der Waals surface area contributed by atoms with Crippen molar-refractivity contribution in [2.45, 2.75) is 11.4 Å². The molecule has 104 valence electrons. The summed E-state index contributed by atoms with van der Waals surface area (Å²) in [6.07, 6.45) is 2.05. The molecule has 0 unspecified atom stereocenters. The van der Waals surface area contributed by atoms with Crippen LogP contribution in [0.15, 0.2) is 53.4 Å². The van der Waals surface area contributed by atoms with Crippen LogP contribution in [0.3, 0.4) is 0 Å². The predicted octanol–water partition coefficient (Wildman–Crippen LogP) is 3.26. The van der Waals surface area contributed by atoms with Crippen molar-refractivity contribution in [3.8, 4) is 0 Å². The second-order valence-corrected chi connectivity index (χ2v) is 5.51. The maximum absolute atomic E-state index is 12.3. The van der Waals surface area contributed by atoms with Gasteiger partial charge in [0.15, 0.2) is 0 Å². The van der Waals surface area contributed by atoms with Crippen LogP contribution in [-0.2, 0) is 6.54 Å². The minimum atomic E-state index is -0.0220. The lowest BCUT2D eigenvalue weighted by atomic mass is 10.1. The summed E-state index contributed by atoms with van der Waals surface area (Å²) >= 11 is 1.71. The molecule has 2 N–H and O–H groups in total. The van der Waals surface area contributed by atoms with E-state index in [-0.39, 0.29) is 5.91 Å². The lowest BCUT2D eigenvalue weighted by Gasteiger charge is -2.17. The fourth-order valence-corrected chi connectivity index (χ4v) is 2.38. The first-order valence-electron chi connectivity index (χ1n) is 6.34. The van der Waals surface area contributed by atoms with Crippen LogP contribution in [0.1, 0.15) is 15.9 Å². The molecule has 0 spiro atoms. The molecule has 4 heteroatoms. The van der Waals surface area contributed by atoms with Gasteiger partial charge < -0.3 is 10.6 Å². The molecule has 0 aliphatic carbocycles. The number of nitrogens with zero attached hydrogens (tertiary/aromatic N) is 1. The molecule has 0 aromatic heterocycles. The molecule has 0 atom stereocenters. The lowest BCUT2D eigenvalue weighted by molar-refractivity contribution is 0.0785. The molecule has 0 radical (unpaired) electrons. The summed E-state index contributed by atoms with van der Waals surface area (Å²) in [6.45, 7) is 0.586. The highest BCUT2D eigenvalue weighted by Crippen LogP contribution is 2.16. The Bertz CT molecular complexity index is 596. The molecular formula is C16H18N2OS. The van der Waals surface area contributed by atoms with Gasteiger partial charge in [-0.1, -0.05) is 18.2 Å². The van der Waals surface area contributed by atoms with E-state index in [2.05, 4.69) is 24.3 Å². The van der Waals surface area contributed by atoms with Gasteiger partial charge in [-0.3, -0.25) is 4.79 Å². The number of hydrogen-bond acceptors (Lipinski definition) is 3. The second kappa shape index (κ2) is 6.48. The van der Waals surface area contributed by atoms with Gasteiger partial charge in [0.25, 0.3) is 5.91 Å². The van der Waals surface area contributed by atoms with Gasteiger partial charge in [-0.05, 0) is 42.2 Å². The predicted molar refractivity (Wildman–Crippen MR) is 84.9 cm³/mol. The Morgan fingerprint density at radius 3 is 2.50 bits per heavy atom. The largest absolute Gasteiger partial charge is 0.399 e. The van der Waals surface area contributed by atoms with Gasteiger partial charge in [0, 0.05) is 29.7 Å². The van der Waals surface area contributed by atoms with E-state index in [0.717, 1.165) is 5.56 Å². The zero-order chi connectivity index (χ0) is 14.5. The van der Waals surface area contributed by atoms with E-state index in [9.17, 15) is 4.79 Å². The number of anilines is 1. The molecule has 1 amide bonds. The highest BCUT2D eigenvalue weighted by atomic mass is 32.2. The number of thioether (sulfide) groups is 1. The van der Waals surface area contributed by atoms with E-state index in [0.29, 0.717) is 17.8 Å². The van der Waals surface area contributed by atoms with Crippen LogP contribution in [0.25, 0.3) is 0 Å². The van der Waals surface area contributed by atoms with Gasteiger partial charge >= 0.3 is 0 Å². The fourth-order valence-electron chi connectivity index (χ4n) is 1.97. The van der Waals surface area contributed by atoms with Crippen molar-refractivity contribution >= 4 is 23.4 Å². The Morgan fingerprint density at radius 2 is 1.90 bits per heavy atom. The number of benzene rings is 2. The van der Waals surface area contributed by atoms with Crippen LogP contribution in [0.2, 0.25) is 0 Å². The van der Waals surface area contributed by atoms with Gasteiger partial charge in [0.1, 0.15) is 0 Å². The molecule has 0 fully saturated rings. The SMILES string of the molecule is CSc1ccc(CN(C)C(=O)c2cccc(N)c2)cc1. The molecular weight excluding hydrogens is 268 g/mol. The van der Waals surface area contributed by atoms with E-state index in [4.69, 9.17) is 5.73 Å². The van der Waals surface area contributed by atoms with Crippen molar-refractivity contribution in [3.05, 3.63) is 59.7 Å². The first-order valence-corrected chi connectivity index (χ1v) is 7.56. The van der Waals surface area contributed by atoms with Gasteiger partial charge in [-0.15, -0.1) is 11.8 Å². The van der Waals surface area contributed by atoms with Gasteiger partial charge in [0.05, 0.1) is 0 Å². The third kappa shape index (κ3) is 3.54. The summed E-state index contributed by atoms with van der Waals surface area (Å²) in [4.78, 5) is 15.2. The highest BCUT2D eigenvalue weighted by molar-refractivity contribution is 7.98. The summed E-state index contributed by atoms with van der Waals surface area (Å²) in [5, 5.41) is 0. The maximum atomic E-state index is 12.3. The van der Waals surface area contributed by atoms with Crippen LogP contribution < -0.4 is 5.73 Å². The highest BCUT2D eigenvalue weighted by Gasteiger charge is 2.12. The van der Waals surface area contributed by atoms with Crippen LogP contribution in [0.4, 0.5) is 5.69 Å². The molecule has 20 heavy (non-hydrogen) atoms. The van der Waals surface area contributed by atoms with Crippen LogP contribution >= 0.6 is 11.8 Å². The zero-order valence-electron chi connectivity index (χ0n) is 11.7. The maximum Gasteiger partial charge on any atom is 0.253 e. The Hall–Kier alpha value is -1.94. The van der Waals surface area contributed by atoms with Gasteiger partial charge in [0.2, 0.25) is 0 Å². The number of carbonyl (C=O) groups excluding carboxylic acids is 1. The van der Waals surface area contributed by atoms with Gasteiger partial charge in [-0.2, -0.15) is 0 Å². The standard InChI is InChI=1S/C16H18N2OS/c1-18(11-12-6-8-15(20-2)9-7-12)16(19)13-4-3-5-14(17)10-13/h3-10H,11,17H2,1-2H3. The third-order valence-electron chi connectivity index (χ3n) is 3.06. The van der Waals surface area contributed by atoms with Crippen molar-refractivity contribution in [1.29, 1.82) is 0 Å². The topological polar surface area (TPSA) is 46.3 Å². The molecule has 0 aliphatic rings. The second-order valence-electron chi connectivity index (χ2n) is 4.63. The van der Waals surface area contributed by atoms with Crippen molar-refractivity contribution < 1.29 is 4.79 Å². The van der Waals surface area contributed by atoms with Crippen molar-refractivity contribution in [1.82, 2.24) is 4.90 Å². The first-order chi connectivity index (χ1) is 9.60. The molecule has 2 rings (SSSR count). The Morgan fingerprint density at radius 1 is 1.20 bits per heavy atom. The Labute approximate surface area is 123 Å². The molecule has 0 saturated carbocycles. The molecule has 0 aliphatic heterocycles. The van der Waals surface area contributed by atoms with Crippen molar-refractivity contribution in [2.75, 3.05) is 19.0 Å². The van der Waals surface area contributed by atoms with E-state index < -0.39 is 0 Å². The first kappa shape index (κ1) is 14.5. The normalized spacial score (nSPS) is 10.3. The lowest BCUT2D eigenvalue weighted by Crippen LogP contribution is -2.26. The number of rotatable bonds is 4. The smallest absolute Gasteiger partial charge is 0.253 e. The number of amides is 1. The quantitative estimate of drug-likeness (QED) is 0.693. The zero-order valence-corrected chi connectivity index (χ0v) is 12.5. The summed E-state index contributed by atoms with van der Waals surface area (Å²) in [5.74, 6) is -0.0220. The summed E-state index contributed by atoms with van der Waals surface area (Å²) < 4.78 is 0. The van der Waals surface area contributed by atoms with E-state index in [1.165, 1.54) is 4.90 Å². The fraction of sp³-hybridized carbons (Fsp3) is 0.188. The Balaban J connectivity index is 2.07. The number of hydrogen-bond donors (Lipinski definition) is 1. The van der Waals surface area contributed by atoms with Crippen molar-refractivity contribution in [3.63, 3.8) is 0 Å². The minimum Gasteiger partial charge on any atom is -0.399 e. The van der Waals surface area contributed by atoms with E-state index in [1.807, 2.05) is 6.26 Å². The molecule has 0 bridgehead atoms. The van der Waals surface area contributed by atoms with Crippen molar-refractivity contribution in [2.24, 2.45) is 0 Å². The monoisotopic (exact) mass is 286 g/mol. The third-order valence-corrected chi connectivity index (χ3v) is 3.80. The molecule has 2 aromatic rings. The summed E-state index contributed by atoms with van der Waals surface area (Å²) in [6, 6.07) is 15.3. The van der Waals surface area contributed by atoms with E-state index >= 15 is 0 Å².